The third-order valence-electron chi connectivity index (χ3n) is 1.61. The minimum Gasteiger partial charge on any atom is -0.506 e. The van der Waals surface area contributed by atoms with E-state index in [2.05, 4.69) is 4.98 Å². The third kappa shape index (κ3) is 2.52. The molecule has 0 spiro atoms. The standard InChI is InChI=1S/C8H7F2NO4/c9-8(10)7-5(13)2-4(12)3(11-7)1-6(14)15/h2,8,12-13H,1H2,(H,14,15). The molecule has 0 aromatic carbocycles. The summed E-state index contributed by atoms with van der Waals surface area (Å²) in [5.74, 6) is -2.81. The van der Waals surface area contributed by atoms with E-state index in [1.807, 2.05) is 0 Å². The van der Waals surface area contributed by atoms with Crippen molar-refractivity contribution in [2.24, 2.45) is 0 Å². The summed E-state index contributed by atoms with van der Waals surface area (Å²) in [5.41, 5.74) is -1.35. The topological polar surface area (TPSA) is 90.7 Å². The second-order valence-corrected chi connectivity index (χ2v) is 2.73. The van der Waals surface area contributed by atoms with Crippen molar-refractivity contribution in [3.8, 4) is 11.5 Å². The van der Waals surface area contributed by atoms with E-state index in [1.54, 1.807) is 0 Å². The molecule has 1 heterocycles. The molecule has 7 heteroatoms. The van der Waals surface area contributed by atoms with Crippen LogP contribution in [0.5, 0.6) is 11.5 Å². The van der Waals surface area contributed by atoms with E-state index in [4.69, 9.17) is 15.3 Å². The molecule has 0 fully saturated rings. The Balaban J connectivity index is 3.17. The minimum absolute atomic E-state index is 0.407. The van der Waals surface area contributed by atoms with Crippen molar-refractivity contribution in [1.29, 1.82) is 0 Å². The fourth-order valence-electron chi connectivity index (χ4n) is 0.981. The van der Waals surface area contributed by atoms with Gasteiger partial charge in [0.2, 0.25) is 0 Å². The van der Waals surface area contributed by atoms with Crippen molar-refractivity contribution in [3.63, 3.8) is 0 Å². The second-order valence-electron chi connectivity index (χ2n) is 2.73. The molecule has 5 nitrogen and oxygen atoms in total. The minimum atomic E-state index is -3.03. The first-order valence-electron chi connectivity index (χ1n) is 3.83. The van der Waals surface area contributed by atoms with Gasteiger partial charge in [-0.1, -0.05) is 0 Å². The molecule has 0 bridgehead atoms. The van der Waals surface area contributed by atoms with Crippen LogP contribution in [0.15, 0.2) is 6.07 Å². The maximum Gasteiger partial charge on any atom is 0.309 e. The van der Waals surface area contributed by atoms with Crippen LogP contribution in [0.2, 0.25) is 0 Å². The number of pyridine rings is 1. The highest BCUT2D eigenvalue weighted by atomic mass is 19.3. The molecule has 0 amide bonds. The molecule has 0 atom stereocenters. The highest BCUT2D eigenvalue weighted by molar-refractivity contribution is 5.70. The number of carbonyl (C=O) groups is 1. The number of alkyl halides is 2. The Labute approximate surface area is 82.6 Å². The van der Waals surface area contributed by atoms with Gasteiger partial charge in [-0.25, -0.2) is 13.8 Å². The van der Waals surface area contributed by atoms with E-state index in [0.717, 1.165) is 0 Å². The van der Waals surface area contributed by atoms with Crippen LogP contribution >= 0.6 is 0 Å². The zero-order valence-electron chi connectivity index (χ0n) is 7.31. The van der Waals surface area contributed by atoms with Crippen LogP contribution in [-0.2, 0) is 11.2 Å². The fraction of sp³-hybridized carbons (Fsp3) is 0.250. The Hall–Kier alpha value is -1.92. The Bertz CT molecular complexity index is 394. The lowest BCUT2D eigenvalue weighted by atomic mass is 10.2. The highest BCUT2D eigenvalue weighted by Crippen LogP contribution is 2.30. The first kappa shape index (κ1) is 11.2. The van der Waals surface area contributed by atoms with Gasteiger partial charge in [-0.2, -0.15) is 0 Å². The van der Waals surface area contributed by atoms with Gasteiger partial charge < -0.3 is 15.3 Å². The molecule has 0 saturated carbocycles. The Morgan fingerprint density at radius 3 is 2.47 bits per heavy atom. The second kappa shape index (κ2) is 4.07. The zero-order chi connectivity index (χ0) is 11.6. The molecular formula is C8H7F2NO4. The van der Waals surface area contributed by atoms with Gasteiger partial charge in [0, 0.05) is 6.07 Å². The smallest absolute Gasteiger partial charge is 0.309 e. The normalized spacial score (nSPS) is 10.6. The van der Waals surface area contributed by atoms with Crippen molar-refractivity contribution >= 4 is 5.97 Å². The van der Waals surface area contributed by atoms with Crippen LogP contribution < -0.4 is 0 Å². The van der Waals surface area contributed by atoms with Crippen molar-refractivity contribution in [2.45, 2.75) is 12.8 Å². The number of halogens is 2. The molecule has 0 radical (unpaired) electrons. The summed E-state index contributed by atoms with van der Waals surface area (Å²) in [7, 11) is 0. The van der Waals surface area contributed by atoms with Gasteiger partial charge in [-0.05, 0) is 0 Å². The van der Waals surface area contributed by atoms with Crippen molar-refractivity contribution in [1.82, 2.24) is 4.98 Å². The average molecular weight is 219 g/mol. The Kier molecular flexibility index (Phi) is 3.03. The molecule has 0 aliphatic heterocycles. The van der Waals surface area contributed by atoms with E-state index in [0.29, 0.717) is 6.07 Å². The summed E-state index contributed by atoms with van der Waals surface area (Å²) < 4.78 is 24.5. The number of rotatable bonds is 3. The summed E-state index contributed by atoms with van der Waals surface area (Å²) in [6.07, 6.45) is -3.72. The maximum atomic E-state index is 12.2. The van der Waals surface area contributed by atoms with E-state index in [9.17, 15) is 13.6 Å². The molecule has 0 unspecified atom stereocenters. The number of aromatic nitrogens is 1. The molecular weight excluding hydrogens is 212 g/mol. The first-order valence-corrected chi connectivity index (χ1v) is 3.83. The van der Waals surface area contributed by atoms with Crippen LogP contribution in [0.3, 0.4) is 0 Å². The van der Waals surface area contributed by atoms with Crippen LogP contribution in [0.25, 0.3) is 0 Å². The number of nitrogens with zero attached hydrogens (tertiary/aromatic N) is 1. The van der Waals surface area contributed by atoms with Crippen LogP contribution in [0, 0.1) is 0 Å². The number of carboxylic acids is 1. The summed E-state index contributed by atoms with van der Waals surface area (Å²) in [6, 6.07) is 0.646. The molecule has 1 aromatic rings. The number of carboxylic acid groups (broad SMARTS) is 1. The molecule has 3 N–H and O–H groups in total. The highest BCUT2D eigenvalue weighted by Gasteiger charge is 2.19. The number of aromatic hydroxyl groups is 2. The SMILES string of the molecule is O=C(O)Cc1nc(C(F)F)c(O)cc1O. The van der Waals surface area contributed by atoms with E-state index >= 15 is 0 Å². The van der Waals surface area contributed by atoms with Gasteiger partial charge in [0.15, 0.2) is 0 Å². The van der Waals surface area contributed by atoms with Crippen molar-refractivity contribution < 1.29 is 28.9 Å². The molecule has 1 aromatic heterocycles. The predicted molar refractivity (Wildman–Crippen MR) is 43.9 cm³/mol. The van der Waals surface area contributed by atoms with E-state index in [1.165, 1.54) is 0 Å². The molecule has 82 valence electrons. The quantitative estimate of drug-likeness (QED) is 0.707. The average Bonchev–Trinajstić information content (AvgIpc) is 2.08. The predicted octanol–water partition coefficient (Wildman–Crippen LogP) is 1.06. The van der Waals surface area contributed by atoms with Gasteiger partial charge in [-0.3, -0.25) is 4.79 Å². The Morgan fingerprint density at radius 2 is 2.00 bits per heavy atom. The summed E-state index contributed by atoms with van der Waals surface area (Å²) >= 11 is 0. The third-order valence-corrected chi connectivity index (χ3v) is 1.61. The van der Waals surface area contributed by atoms with Gasteiger partial charge in [-0.15, -0.1) is 0 Å². The number of aliphatic carboxylic acids is 1. The van der Waals surface area contributed by atoms with Gasteiger partial charge >= 0.3 is 5.97 Å². The molecule has 0 aliphatic carbocycles. The first-order chi connectivity index (χ1) is 6.91. The lowest BCUT2D eigenvalue weighted by Gasteiger charge is -2.06. The fourth-order valence-corrected chi connectivity index (χ4v) is 0.981. The number of hydrogen-bond donors (Lipinski definition) is 3. The van der Waals surface area contributed by atoms with E-state index < -0.39 is 41.7 Å². The molecule has 1 rings (SSSR count). The zero-order valence-corrected chi connectivity index (χ0v) is 7.31. The van der Waals surface area contributed by atoms with Gasteiger partial charge in [0.1, 0.15) is 17.2 Å². The largest absolute Gasteiger partial charge is 0.506 e. The maximum absolute atomic E-state index is 12.2. The summed E-state index contributed by atoms with van der Waals surface area (Å²) in [4.78, 5) is 13.5. The van der Waals surface area contributed by atoms with Crippen LogP contribution in [0.4, 0.5) is 8.78 Å². The van der Waals surface area contributed by atoms with Crippen LogP contribution in [-0.4, -0.2) is 26.3 Å². The van der Waals surface area contributed by atoms with Crippen LogP contribution in [0.1, 0.15) is 17.8 Å². The van der Waals surface area contributed by atoms with Gasteiger partial charge in [0.05, 0.1) is 12.1 Å². The molecule has 0 aliphatic rings. The summed E-state index contributed by atoms with van der Waals surface area (Å²) in [6.45, 7) is 0. The lowest BCUT2D eigenvalue weighted by molar-refractivity contribution is -0.136. The number of hydrogen-bond acceptors (Lipinski definition) is 4. The molecule has 0 saturated heterocycles. The van der Waals surface area contributed by atoms with Crippen molar-refractivity contribution in [3.05, 3.63) is 17.5 Å². The lowest BCUT2D eigenvalue weighted by Crippen LogP contribution is -2.05. The molecule has 15 heavy (non-hydrogen) atoms. The van der Waals surface area contributed by atoms with Gasteiger partial charge in [0.25, 0.3) is 6.43 Å². The van der Waals surface area contributed by atoms with Crippen molar-refractivity contribution in [2.75, 3.05) is 0 Å². The van der Waals surface area contributed by atoms with E-state index in [-0.39, 0.29) is 0 Å². The Morgan fingerprint density at radius 1 is 1.40 bits per heavy atom. The summed E-state index contributed by atoms with van der Waals surface area (Å²) in [5, 5.41) is 26.5. The monoisotopic (exact) mass is 219 g/mol.